The first-order chi connectivity index (χ1) is 10.2. The minimum Gasteiger partial charge on any atom is -0.396 e. The van der Waals surface area contributed by atoms with Crippen molar-refractivity contribution in [3.8, 4) is 0 Å². The molecule has 1 aliphatic heterocycles. The Bertz CT molecular complexity index is 631. The Hall–Kier alpha value is -1.52. The lowest BCUT2D eigenvalue weighted by Gasteiger charge is -2.37. The number of piperidine rings is 1. The average molecular weight is 288 g/mol. The van der Waals surface area contributed by atoms with Crippen molar-refractivity contribution in [3.63, 3.8) is 0 Å². The summed E-state index contributed by atoms with van der Waals surface area (Å²) in [7, 11) is 0. The maximum absolute atomic E-state index is 13.8. The van der Waals surface area contributed by atoms with E-state index in [1.54, 1.807) is 18.3 Å². The molecule has 0 radical (unpaired) electrons. The summed E-state index contributed by atoms with van der Waals surface area (Å²) in [5.74, 6) is 0.202. The highest BCUT2D eigenvalue weighted by Crippen LogP contribution is 2.26. The highest BCUT2D eigenvalue weighted by atomic mass is 19.1. The normalized spacial score (nSPS) is 23.6. The van der Waals surface area contributed by atoms with Crippen LogP contribution in [0.25, 0.3) is 10.9 Å². The van der Waals surface area contributed by atoms with Gasteiger partial charge in [0.2, 0.25) is 0 Å². The SMILES string of the molecule is C[C@H]1C[C@@H](CO)CCN1Cc1ccc(F)c2cccnc12. The maximum Gasteiger partial charge on any atom is 0.132 e. The predicted octanol–water partition coefficient (Wildman–Crippen LogP) is 2.97. The van der Waals surface area contributed by atoms with E-state index in [4.69, 9.17) is 0 Å². The van der Waals surface area contributed by atoms with Crippen LogP contribution in [0.2, 0.25) is 0 Å². The molecule has 1 aliphatic rings. The number of rotatable bonds is 3. The molecule has 0 spiro atoms. The number of benzene rings is 1. The molecular formula is C17H21FN2O. The van der Waals surface area contributed by atoms with Crippen molar-refractivity contribution in [2.24, 2.45) is 5.92 Å². The summed E-state index contributed by atoms with van der Waals surface area (Å²) in [6, 6.07) is 7.35. The molecule has 1 saturated heterocycles. The van der Waals surface area contributed by atoms with Crippen molar-refractivity contribution in [1.29, 1.82) is 0 Å². The van der Waals surface area contributed by atoms with E-state index in [1.165, 1.54) is 6.07 Å². The zero-order chi connectivity index (χ0) is 14.8. The van der Waals surface area contributed by atoms with Crippen LogP contribution >= 0.6 is 0 Å². The summed E-state index contributed by atoms with van der Waals surface area (Å²) >= 11 is 0. The first-order valence-electron chi connectivity index (χ1n) is 7.56. The van der Waals surface area contributed by atoms with Crippen LogP contribution in [0.1, 0.15) is 25.3 Å². The second-order valence-corrected chi connectivity index (χ2v) is 6.00. The first kappa shape index (κ1) is 14.4. The molecule has 3 nitrogen and oxygen atoms in total. The van der Waals surface area contributed by atoms with Crippen molar-refractivity contribution < 1.29 is 9.50 Å². The van der Waals surface area contributed by atoms with Crippen LogP contribution in [-0.4, -0.2) is 34.2 Å². The van der Waals surface area contributed by atoms with Crippen molar-refractivity contribution in [3.05, 3.63) is 41.8 Å². The number of aliphatic hydroxyl groups excluding tert-OH is 1. The number of halogens is 1. The molecule has 2 aromatic rings. The smallest absolute Gasteiger partial charge is 0.132 e. The maximum atomic E-state index is 13.8. The van der Waals surface area contributed by atoms with E-state index in [-0.39, 0.29) is 12.4 Å². The van der Waals surface area contributed by atoms with Crippen LogP contribution in [-0.2, 0) is 6.54 Å². The Morgan fingerprint density at radius 1 is 1.38 bits per heavy atom. The van der Waals surface area contributed by atoms with E-state index < -0.39 is 0 Å². The fraction of sp³-hybridized carbons (Fsp3) is 0.471. The molecule has 1 aromatic carbocycles. The fourth-order valence-corrected chi connectivity index (χ4v) is 3.26. The van der Waals surface area contributed by atoms with E-state index in [2.05, 4.69) is 16.8 Å². The van der Waals surface area contributed by atoms with Gasteiger partial charge in [0, 0.05) is 30.8 Å². The molecule has 1 N–H and O–H groups in total. The second kappa shape index (κ2) is 6.08. The van der Waals surface area contributed by atoms with Crippen LogP contribution in [0.15, 0.2) is 30.5 Å². The van der Waals surface area contributed by atoms with Gasteiger partial charge in [-0.2, -0.15) is 0 Å². The molecule has 1 aromatic heterocycles. The molecule has 0 aliphatic carbocycles. The van der Waals surface area contributed by atoms with Crippen molar-refractivity contribution >= 4 is 10.9 Å². The van der Waals surface area contributed by atoms with Gasteiger partial charge in [0.25, 0.3) is 0 Å². The lowest BCUT2D eigenvalue weighted by molar-refractivity contribution is 0.0842. The summed E-state index contributed by atoms with van der Waals surface area (Å²) in [6.07, 6.45) is 3.75. The highest BCUT2D eigenvalue weighted by Gasteiger charge is 2.25. The topological polar surface area (TPSA) is 36.4 Å². The highest BCUT2D eigenvalue weighted by molar-refractivity contribution is 5.82. The summed E-state index contributed by atoms with van der Waals surface area (Å²) in [5, 5.41) is 9.88. The van der Waals surface area contributed by atoms with E-state index in [0.717, 1.165) is 37.0 Å². The summed E-state index contributed by atoms with van der Waals surface area (Å²) < 4.78 is 13.8. The number of likely N-dealkylation sites (tertiary alicyclic amines) is 1. The van der Waals surface area contributed by atoms with Gasteiger partial charge < -0.3 is 5.11 Å². The summed E-state index contributed by atoms with van der Waals surface area (Å²) in [4.78, 5) is 6.75. The van der Waals surface area contributed by atoms with Gasteiger partial charge in [0.15, 0.2) is 0 Å². The van der Waals surface area contributed by atoms with Gasteiger partial charge in [-0.05, 0) is 56.0 Å². The van der Waals surface area contributed by atoms with E-state index in [0.29, 0.717) is 17.3 Å². The number of hydrogen-bond acceptors (Lipinski definition) is 3. The summed E-state index contributed by atoms with van der Waals surface area (Å²) in [5.41, 5.74) is 1.83. The van der Waals surface area contributed by atoms with Crippen LogP contribution in [0, 0.1) is 11.7 Å². The van der Waals surface area contributed by atoms with Crippen molar-refractivity contribution in [2.75, 3.05) is 13.2 Å². The molecule has 0 unspecified atom stereocenters. The van der Waals surface area contributed by atoms with Gasteiger partial charge in [-0.1, -0.05) is 6.07 Å². The molecule has 3 rings (SSSR count). The lowest BCUT2D eigenvalue weighted by atomic mass is 9.92. The van der Waals surface area contributed by atoms with E-state index >= 15 is 0 Å². The molecule has 4 heteroatoms. The summed E-state index contributed by atoms with van der Waals surface area (Å²) in [6.45, 7) is 4.23. The Kier molecular flexibility index (Phi) is 4.17. The third-order valence-electron chi connectivity index (χ3n) is 4.55. The monoisotopic (exact) mass is 288 g/mol. The molecule has 0 amide bonds. The Morgan fingerprint density at radius 2 is 2.24 bits per heavy atom. The number of fused-ring (bicyclic) bond motifs is 1. The quantitative estimate of drug-likeness (QED) is 0.943. The standard InChI is InChI=1S/C17H21FN2O/c1-12-9-13(11-21)6-8-20(12)10-14-4-5-16(18)15-3-2-7-19-17(14)15/h2-5,7,12-13,21H,6,8-11H2,1H3/t12-,13-/m0/s1. The van der Waals surface area contributed by atoms with Crippen molar-refractivity contribution in [1.82, 2.24) is 9.88 Å². The number of aliphatic hydroxyl groups is 1. The van der Waals surface area contributed by atoms with Gasteiger partial charge in [-0.25, -0.2) is 4.39 Å². The molecule has 1 fully saturated rings. The Morgan fingerprint density at radius 3 is 3.00 bits per heavy atom. The second-order valence-electron chi connectivity index (χ2n) is 6.00. The first-order valence-corrected chi connectivity index (χ1v) is 7.56. The molecule has 2 atom stereocenters. The van der Waals surface area contributed by atoms with E-state index in [1.807, 2.05) is 6.07 Å². The number of nitrogens with zero attached hydrogens (tertiary/aromatic N) is 2. The van der Waals surface area contributed by atoms with Gasteiger partial charge in [0.1, 0.15) is 5.82 Å². The Balaban J connectivity index is 1.84. The zero-order valence-corrected chi connectivity index (χ0v) is 12.3. The van der Waals surface area contributed by atoms with Gasteiger partial charge in [-0.3, -0.25) is 9.88 Å². The van der Waals surface area contributed by atoms with Gasteiger partial charge in [0.05, 0.1) is 5.52 Å². The lowest BCUT2D eigenvalue weighted by Crippen LogP contribution is -2.41. The van der Waals surface area contributed by atoms with Crippen LogP contribution in [0.3, 0.4) is 0 Å². The average Bonchev–Trinajstić information content (AvgIpc) is 2.52. The molecule has 21 heavy (non-hydrogen) atoms. The third-order valence-corrected chi connectivity index (χ3v) is 4.55. The molecule has 0 bridgehead atoms. The Labute approximate surface area is 124 Å². The number of pyridine rings is 1. The van der Waals surface area contributed by atoms with Gasteiger partial charge >= 0.3 is 0 Å². The van der Waals surface area contributed by atoms with E-state index in [9.17, 15) is 9.50 Å². The van der Waals surface area contributed by atoms with Crippen LogP contribution in [0.4, 0.5) is 4.39 Å². The van der Waals surface area contributed by atoms with Crippen molar-refractivity contribution in [2.45, 2.75) is 32.4 Å². The van der Waals surface area contributed by atoms with Gasteiger partial charge in [-0.15, -0.1) is 0 Å². The fourth-order valence-electron chi connectivity index (χ4n) is 3.26. The number of hydrogen-bond donors (Lipinski definition) is 1. The number of aromatic nitrogens is 1. The minimum absolute atomic E-state index is 0.214. The third kappa shape index (κ3) is 2.92. The predicted molar refractivity (Wildman–Crippen MR) is 81.4 cm³/mol. The molecule has 2 heterocycles. The molecule has 0 saturated carbocycles. The largest absolute Gasteiger partial charge is 0.396 e. The zero-order valence-electron chi connectivity index (χ0n) is 12.3. The van der Waals surface area contributed by atoms with Crippen LogP contribution < -0.4 is 0 Å². The molecular weight excluding hydrogens is 267 g/mol. The molecule has 112 valence electrons. The van der Waals surface area contributed by atoms with Crippen LogP contribution in [0.5, 0.6) is 0 Å². The minimum atomic E-state index is -0.214.